The lowest BCUT2D eigenvalue weighted by atomic mass is 10.0. The zero-order chi connectivity index (χ0) is 21.6. The number of aliphatic carboxylic acids is 1. The average Bonchev–Trinajstić information content (AvgIpc) is 2.70. The van der Waals surface area contributed by atoms with Crippen molar-refractivity contribution in [3.63, 3.8) is 0 Å². The molecule has 1 aromatic carbocycles. The van der Waals surface area contributed by atoms with Crippen LogP contribution in [0.4, 0.5) is 0 Å². The first-order valence-corrected chi connectivity index (χ1v) is 9.39. The van der Waals surface area contributed by atoms with Gasteiger partial charge in [-0.15, -0.1) is 0 Å². The van der Waals surface area contributed by atoms with Gasteiger partial charge in [0.15, 0.2) is 0 Å². The molecule has 10 heteroatoms. The van der Waals surface area contributed by atoms with Gasteiger partial charge >= 0.3 is 5.97 Å². The summed E-state index contributed by atoms with van der Waals surface area (Å²) in [5.41, 5.74) is 12.3. The van der Waals surface area contributed by atoms with Gasteiger partial charge in [-0.05, 0) is 37.8 Å². The number of unbranched alkanes of at least 4 members (excludes halogenated alkanes) is 1. The summed E-state index contributed by atoms with van der Waals surface area (Å²) in [6.07, 6.45) is 1.94. The smallest absolute Gasteiger partial charge is 0.322 e. The lowest BCUT2D eigenvalue weighted by Gasteiger charge is -2.20. The van der Waals surface area contributed by atoms with E-state index in [1.54, 1.807) is 0 Å². The van der Waals surface area contributed by atoms with Gasteiger partial charge in [0, 0.05) is 0 Å². The lowest BCUT2D eigenvalue weighted by molar-refractivity contribution is -0.138. The van der Waals surface area contributed by atoms with Gasteiger partial charge in [0.25, 0.3) is 0 Å². The van der Waals surface area contributed by atoms with Gasteiger partial charge in [-0.3, -0.25) is 19.2 Å². The van der Waals surface area contributed by atoms with Crippen molar-refractivity contribution in [2.45, 2.75) is 37.8 Å². The second-order valence-corrected chi connectivity index (χ2v) is 6.53. The van der Waals surface area contributed by atoms with Crippen molar-refractivity contribution in [1.82, 2.24) is 16.0 Å². The Morgan fingerprint density at radius 2 is 1.66 bits per heavy atom. The highest BCUT2D eigenvalue weighted by Crippen LogP contribution is 2.05. The van der Waals surface area contributed by atoms with Crippen molar-refractivity contribution < 1.29 is 24.3 Å². The van der Waals surface area contributed by atoms with Gasteiger partial charge in [-0.2, -0.15) is 0 Å². The maximum Gasteiger partial charge on any atom is 0.322 e. The maximum atomic E-state index is 12.4. The third-order valence-electron chi connectivity index (χ3n) is 4.08. The highest BCUT2D eigenvalue weighted by atomic mass is 16.4. The van der Waals surface area contributed by atoms with E-state index in [4.69, 9.17) is 16.6 Å². The van der Waals surface area contributed by atoms with Crippen LogP contribution in [0.25, 0.3) is 0 Å². The number of nitrogens with one attached hydrogen (secondary N) is 3. The van der Waals surface area contributed by atoms with Crippen molar-refractivity contribution in [1.29, 1.82) is 0 Å². The zero-order valence-corrected chi connectivity index (χ0v) is 16.2. The summed E-state index contributed by atoms with van der Waals surface area (Å²) in [6, 6.07) is 7.56. The summed E-state index contributed by atoms with van der Waals surface area (Å²) >= 11 is 0. The monoisotopic (exact) mass is 407 g/mol. The van der Waals surface area contributed by atoms with Crippen molar-refractivity contribution >= 4 is 23.7 Å². The van der Waals surface area contributed by atoms with E-state index in [0.717, 1.165) is 5.56 Å². The van der Waals surface area contributed by atoms with Crippen molar-refractivity contribution in [3.8, 4) is 0 Å². The summed E-state index contributed by atoms with van der Waals surface area (Å²) in [5, 5.41) is 15.7. The van der Waals surface area contributed by atoms with Crippen LogP contribution in [0.15, 0.2) is 30.3 Å². The molecule has 2 unspecified atom stereocenters. The van der Waals surface area contributed by atoms with Crippen LogP contribution in [-0.2, 0) is 25.6 Å². The molecule has 0 spiro atoms. The van der Waals surface area contributed by atoms with Crippen LogP contribution in [0.3, 0.4) is 0 Å². The van der Waals surface area contributed by atoms with E-state index in [0.29, 0.717) is 32.2 Å². The molecular formula is C19H29N5O5. The molecule has 29 heavy (non-hydrogen) atoms. The Morgan fingerprint density at radius 3 is 2.28 bits per heavy atom. The second-order valence-electron chi connectivity index (χ2n) is 6.53. The van der Waals surface area contributed by atoms with Gasteiger partial charge in [0.2, 0.25) is 17.7 Å². The Labute approximate surface area is 169 Å². The minimum atomic E-state index is -1.19. The number of benzene rings is 1. The predicted molar refractivity (Wildman–Crippen MR) is 107 cm³/mol. The first kappa shape index (κ1) is 24.1. The van der Waals surface area contributed by atoms with E-state index in [2.05, 4.69) is 16.0 Å². The molecule has 0 aliphatic carbocycles. The first-order valence-electron chi connectivity index (χ1n) is 9.39. The van der Waals surface area contributed by atoms with Crippen LogP contribution < -0.4 is 27.4 Å². The highest BCUT2D eigenvalue weighted by molar-refractivity contribution is 5.92. The molecule has 0 saturated heterocycles. The molecule has 0 aliphatic rings. The number of amides is 3. The Morgan fingerprint density at radius 1 is 0.966 bits per heavy atom. The number of rotatable bonds is 13. The van der Waals surface area contributed by atoms with E-state index in [9.17, 15) is 19.2 Å². The third kappa shape index (κ3) is 10.2. The molecule has 0 heterocycles. The largest absolute Gasteiger partial charge is 0.480 e. The van der Waals surface area contributed by atoms with Crippen LogP contribution >= 0.6 is 0 Å². The number of carbonyl (C=O) groups is 4. The van der Waals surface area contributed by atoms with Gasteiger partial charge in [-0.25, -0.2) is 0 Å². The molecule has 0 fully saturated rings. The number of carboxylic acids is 1. The molecule has 3 amide bonds. The number of hydrogen-bond donors (Lipinski definition) is 6. The lowest BCUT2D eigenvalue weighted by Crippen LogP contribution is -2.53. The normalized spacial score (nSPS) is 12.5. The predicted octanol–water partition coefficient (Wildman–Crippen LogP) is -1.51. The van der Waals surface area contributed by atoms with Gasteiger partial charge in [0.1, 0.15) is 12.6 Å². The molecule has 160 valence electrons. The second kappa shape index (κ2) is 13.2. The number of nitrogens with two attached hydrogens (primary N) is 2. The van der Waals surface area contributed by atoms with Crippen molar-refractivity contribution in [2.75, 3.05) is 19.6 Å². The molecule has 1 rings (SSSR count). The molecule has 10 nitrogen and oxygen atoms in total. The molecule has 0 aliphatic heterocycles. The fourth-order valence-electron chi connectivity index (χ4n) is 2.53. The molecule has 2 atom stereocenters. The summed E-state index contributed by atoms with van der Waals surface area (Å²) < 4.78 is 0. The summed E-state index contributed by atoms with van der Waals surface area (Å²) in [5.74, 6) is -2.86. The topological polar surface area (TPSA) is 177 Å². The Balaban J connectivity index is 2.60. The minimum Gasteiger partial charge on any atom is -0.480 e. The van der Waals surface area contributed by atoms with E-state index in [1.165, 1.54) is 0 Å². The Bertz CT molecular complexity index is 683. The fraction of sp³-hybridized carbons (Fsp3) is 0.474. The first-order chi connectivity index (χ1) is 13.8. The molecule has 0 aromatic heterocycles. The Kier molecular flexibility index (Phi) is 11.0. The molecular weight excluding hydrogens is 378 g/mol. The maximum absolute atomic E-state index is 12.4. The molecule has 1 aromatic rings. The third-order valence-corrected chi connectivity index (χ3v) is 4.08. The van der Waals surface area contributed by atoms with Crippen LogP contribution in [0.5, 0.6) is 0 Å². The molecule has 8 N–H and O–H groups in total. The van der Waals surface area contributed by atoms with Crippen LogP contribution in [0, 0.1) is 0 Å². The summed E-state index contributed by atoms with van der Waals surface area (Å²) in [7, 11) is 0. The zero-order valence-electron chi connectivity index (χ0n) is 16.2. The van der Waals surface area contributed by atoms with Crippen molar-refractivity contribution in [3.05, 3.63) is 35.9 Å². The Hall–Kier alpha value is -2.98. The molecule has 0 saturated carbocycles. The van der Waals surface area contributed by atoms with Crippen LogP contribution in [0.1, 0.15) is 24.8 Å². The van der Waals surface area contributed by atoms with Gasteiger partial charge in [-0.1, -0.05) is 30.3 Å². The van der Waals surface area contributed by atoms with E-state index in [1.807, 2.05) is 30.3 Å². The number of carboxylic acid groups (broad SMARTS) is 1. The van der Waals surface area contributed by atoms with Gasteiger partial charge in [0.05, 0.1) is 12.6 Å². The number of carbonyl (C=O) groups excluding carboxylic acids is 3. The van der Waals surface area contributed by atoms with E-state index in [-0.39, 0.29) is 0 Å². The van der Waals surface area contributed by atoms with Crippen LogP contribution in [-0.4, -0.2) is 60.5 Å². The quantitative estimate of drug-likeness (QED) is 0.215. The SMILES string of the molecule is NCCCCC(NC(=O)C(N)Cc1ccccc1)C(=O)NCC(=O)NCC(=O)O. The van der Waals surface area contributed by atoms with E-state index >= 15 is 0 Å². The highest BCUT2D eigenvalue weighted by Gasteiger charge is 2.24. The minimum absolute atomic E-state index is 0.321. The summed E-state index contributed by atoms with van der Waals surface area (Å²) in [6.45, 7) is -0.488. The molecule has 0 radical (unpaired) electrons. The average molecular weight is 407 g/mol. The standard InChI is InChI=1S/C19H29N5O5/c20-9-5-4-8-15(19(29)23-11-16(25)22-12-17(26)27)24-18(28)14(21)10-13-6-2-1-3-7-13/h1-3,6-7,14-15H,4-5,8-12,20-21H2,(H,22,25)(H,23,29)(H,24,28)(H,26,27). The van der Waals surface area contributed by atoms with Crippen molar-refractivity contribution in [2.24, 2.45) is 11.5 Å². The van der Waals surface area contributed by atoms with Crippen LogP contribution in [0.2, 0.25) is 0 Å². The van der Waals surface area contributed by atoms with E-state index < -0.39 is 48.9 Å². The van der Waals surface area contributed by atoms with Gasteiger partial charge < -0.3 is 32.5 Å². The number of hydrogen-bond acceptors (Lipinski definition) is 6. The molecule has 0 bridgehead atoms. The summed E-state index contributed by atoms with van der Waals surface area (Å²) in [4.78, 5) is 46.8. The fourth-order valence-corrected chi connectivity index (χ4v) is 2.53.